The summed E-state index contributed by atoms with van der Waals surface area (Å²) in [6.07, 6.45) is 4.24. The summed E-state index contributed by atoms with van der Waals surface area (Å²) in [5.74, 6) is 1.59. The molecule has 0 radical (unpaired) electrons. The van der Waals surface area contributed by atoms with Gasteiger partial charge in [0.15, 0.2) is 5.96 Å². The predicted molar refractivity (Wildman–Crippen MR) is 87.8 cm³/mol. The largest absolute Gasteiger partial charge is 0.381 e. The first-order chi connectivity index (χ1) is 10.0. The Bertz CT molecular complexity index is 313. The number of rotatable bonds is 7. The Labute approximate surface area is 129 Å². The number of nitrogens with zero attached hydrogens (tertiary/aromatic N) is 1. The molecular weight excluding hydrogens is 266 g/mol. The molecular formula is C16H33N3O2. The van der Waals surface area contributed by atoms with Gasteiger partial charge in [-0.3, -0.25) is 4.99 Å². The summed E-state index contributed by atoms with van der Waals surface area (Å²) in [5, 5.41) is 6.86. The van der Waals surface area contributed by atoms with E-state index in [1.165, 1.54) is 6.42 Å². The van der Waals surface area contributed by atoms with Crippen LogP contribution in [0.2, 0.25) is 0 Å². The number of nitrogens with one attached hydrogen (secondary N) is 2. The molecule has 5 heteroatoms. The summed E-state index contributed by atoms with van der Waals surface area (Å²) in [4.78, 5) is 4.31. The number of aliphatic imine (C=N–C) groups is 1. The van der Waals surface area contributed by atoms with Crippen LogP contribution in [0.15, 0.2) is 4.99 Å². The van der Waals surface area contributed by atoms with Crippen LogP contribution in [-0.4, -0.2) is 51.5 Å². The van der Waals surface area contributed by atoms with Crippen LogP contribution in [0.1, 0.15) is 46.5 Å². The van der Waals surface area contributed by atoms with Crippen molar-refractivity contribution in [3.05, 3.63) is 0 Å². The van der Waals surface area contributed by atoms with Gasteiger partial charge in [0.25, 0.3) is 0 Å². The zero-order valence-electron chi connectivity index (χ0n) is 14.4. The van der Waals surface area contributed by atoms with Crippen molar-refractivity contribution in [2.45, 2.75) is 58.1 Å². The van der Waals surface area contributed by atoms with Crippen molar-refractivity contribution in [1.29, 1.82) is 0 Å². The predicted octanol–water partition coefficient (Wildman–Crippen LogP) is 2.17. The van der Waals surface area contributed by atoms with Gasteiger partial charge in [0.1, 0.15) is 0 Å². The van der Waals surface area contributed by atoms with E-state index in [0.29, 0.717) is 6.04 Å². The van der Waals surface area contributed by atoms with Crippen LogP contribution < -0.4 is 10.6 Å². The molecule has 21 heavy (non-hydrogen) atoms. The van der Waals surface area contributed by atoms with Gasteiger partial charge in [0, 0.05) is 52.8 Å². The monoisotopic (exact) mass is 299 g/mol. The first kappa shape index (κ1) is 18.2. The van der Waals surface area contributed by atoms with Crippen molar-refractivity contribution in [2.75, 3.05) is 33.9 Å². The lowest BCUT2D eigenvalue weighted by molar-refractivity contribution is -0.0855. The van der Waals surface area contributed by atoms with Gasteiger partial charge in [0.05, 0.1) is 5.60 Å². The first-order valence-corrected chi connectivity index (χ1v) is 8.11. The van der Waals surface area contributed by atoms with Gasteiger partial charge in [-0.2, -0.15) is 0 Å². The second kappa shape index (κ2) is 9.26. The molecule has 5 nitrogen and oxygen atoms in total. The third kappa shape index (κ3) is 6.66. The van der Waals surface area contributed by atoms with E-state index in [9.17, 15) is 0 Å². The van der Waals surface area contributed by atoms with Crippen molar-refractivity contribution >= 4 is 5.96 Å². The van der Waals surface area contributed by atoms with Crippen molar-refractivity contribution < 1.29 is 9.47 Å². The molecule has 0 aliphatic carbocycles. The lowest BCUT2D eigenvalue weighted by Gasteiger charge is -2.36. The van der Waals surface area contributed by atoms with E-state index in [-0.39, 0.29) is 5.60 Å². The average Bonchev–Trinajstić information content (AvgIpc) is 2.50. The summed E-state index contributed by atoms with van der Waals surface area (Å²) in [6, 6.07) is 0.423. The third-order valence-corrected chi connectivity index (χ3v) is 4.20. The topological polar surface area (TPSA) is 54.9 Å². The summed E-state index contributed by atoms with van der Waals surface area (Å²) in [7, 11) is 3.60. The molecule has 0 saturated carbocycles. The molecule has 0 aromatic carbocycles. The maximum atomic E-state index is 5.73. The van der Waals surface area contributed by atoms with Crippen LogP contribution in [0, 0.1) is 5.92 Å². The Balaban J connectivity index is 2.39. The molecule has 1 heterocycles. The molecule has 1 unspecified atom stereocenters. The highest BCUT2D eigenvalue weighted by molar-refractivity contribution is 5.80. The Kier molecular flexibility index (Phi) is 8.04. The quantitative estimate of drug-likeness (QED) is 0.559. The Hall–Kier alpha value is -0.810. The van der Waals surface area contributed by atoms with Gasteiger partial charge in [-0.1, -0.05) is 13.8 Å². The molecule has 1 aliphatic heterocycles. The van der Waals surface area contributed by atoms with Crippen molar-refractivity contribution in [2.24, 2.45) is 10.9 Å². The van der Waals surface area contributed by atoms with E-state index in [0.717, 1.165) is 50.9 Å². The highest BCUT2D eigenvalue weighted by atomic mass is 16.5. The van der Waals surface area contributed by atoms with E-state index in [1.807, 2.05) is 7.05 Å². The maximum Gasteiger partial charge on any atom is 0.191 e. The number of ether oxygens (including phenoxy) is 2. The number of methoxy groups -OCH3 is 1. The molecule has 1 atom stereocenters. The fourth-order valence-corrected chi connectivity index (χ4v) is 2.52. The van der Waals surface area contributed by atoms with Crippen LogP contribution >= 0.6 is 0 Å². The average molecular weight is 299 g/mol. The second-order valence-electron chi connectivity index (χ2n) is 6.44. The lowest BCUT2D eigenvalue weighted by Crippen LogP contribution is -2.52. The van der Waals surface area contributed by atoms with Gasteiger partial charge in [-0.25, -0.2) is 0 Å². The minimum atomic E-state index is -0.128. The van der Waals surface area contributed by atoms with Crippen LogP contribution in [0.4, 0.5) is 0 Å². The minimum Gasteiger partial charge on any atom is -0.381 e. The molecule has 0 bridgehead atoms. The third-order valence-electron chi connectivity index (χ3n) is 4.20. The lowest BCUT2D eigenvalue weighted by atomic mass is 9.94. The van der Waals surface area contributed by atoms with Crippen molar-refractivity contribution in [1.82, 2.24) is 10.6 Å². The highest BCUT2D eigenvalue weighted by Crippen LogP contribution is 2.23. The fraction of sp³-hybridized carbons (Fsp3) is 0.938. The Morgan fingerprint density at radius 1 is 1.24 bits per heavy atom. The molecule has 1 rings (SSSR count). The van der Waals surface area contributed by atoms with Gasteiger partial charge in [0.2, 0.25) is 0 Å². The number of hydrogen-bond acceptors (Lipinski definition) is 3. The maximum absolute atomic E-state index is 5.73. The SMILES string of the molecule is CN=C(NCC1(OC)CCOCC1)NC(C)CCC(C)C. The summed E-state index contributed by atoms with van der Waals surface area (Å²) in [6.45, 7) is 9.03. The second-order valence-corrected chi connectivity index (χ2v) is 6.44. The van der Waals surface area contributed by atoms with Crippen LogP contribution in [0.3, 0.4) is 0 Å². The van der Waals surface area contributed by atoms with Gasteiger partial charge in [-0.05, 0) is 25.7 Å². The first-order valence-electron chi connectivity index (χ1n) is 8.11. The van der Waals surface area contributed by atoms with E-state index in [1.54, 1.807) is 7.11 Å². The summed E-state index contributed by atoms with van der Waals surface area (Å²) >= 11 is 0. The van der Waals surface area contributed by atoms with Crippen LogP contribution in [0.5, 0.6) is 0 Å². The molecule has 1 saturated heterocycles. The van der Waals surface area contributed by atoms with Gasteiger partial charge >= 0.3 is 0 Å². The molecule has 0 spiro atoms. The molecule has 1 aliphatic rings. The molecule has 1 fully saturated rings. The smallest absolute Gasteiger partial charge is 0.191 e. The standard InChI is InChI=1S/C16H33N3O2/c1-13(2)6-7-14(3)19-15(17-4)18-12-16(20-5)8-10-21-11-9-16/h13-14H,6-12H2,1-5H3,(H2,17,18,19). The van der Waals surface area contributed by atoms with Crippen LogP contribution in [0.25, 0.3) is 0 Å². The minimum absolute atomic E-state index is 0.128. The Morgan fingerprint density at radius 2 is 1.90 bits per heavy atom. The zero-order chi connectivity index (χ0) is 15.7. The molecule has 0 amide bonds. The number of guanidine groups is 1. The summed E-state index contributed by atoms with van der Waals surface area (Å²) in [5.41, 5.74) is -0.128. The summed E-state index contributed by atoms with van der Waals surface area (Å²) < 4.78 is 11.2. The van der Waals surface area contributed by atoms with Gasteiger partial charge in [-0.15, -0.1) is 0 Å². The van der Waals surface area contributed by atoms with Gasteiger partial charge < -0.3 is 20.1 Å². The van der Waals surface area contributed by atoms with E-state index >= 15 is 0 Å². The van der Waals surface area contributed by atoms with Crippen molar-refractivity contribution in [3.63, 3.8) is 0 Å². The van der Waals surface area contributed by atoms with Crippen LogP contribution in [-0.2, 0) is 9.47 Å². The molecule has 2 N–H and O–H groups in total. The zero-order valence-corrected chi connectivity index (χ0v) is 14.4. The fourth-order valence-electron chi connectivity index (χ4n) is 2.52. The number of hydrogen-bond donors (Lipinski definition) is 2. The normalized spacial score (nSPS) is 20.4. The van der Waals surface area contributed by atoms with E-state index < -0.39 is 0 Å². The molecule has 0 aromatic rings. The molecule has 0 aromatic heterocycles. The van der Waals surface area contributed by atoms with E-state index in [4.69, 9.17) is 9.47 Å². The molecule has 124 valence electrons. The highest BCUT2D eigenvalue weighted by Gasteiger charge is 2.32. The van der Waals surface area contributed by atoms with E-state index in [2.05, 4.69) is 36.4 Å². The Morgan fingerprint density at radius 3 is 2.43 bits per heavy atom. The van der Waals surface area contributed by atoms with Crippen molar-refractivity contribution in [3.8, 4) is 0 Å².